The van der Waals surface area contributed by atoms with E-state index in [1.165, 1.54) is 0 Å². The molecule has 0 atom stereocenters. The summed E-state index contributed by atoms with van der Waals surface area (Å²) in [7, 11) is 0. The number of fused-ring (bicyclic) bond motifs is 1. The number of hydrogen-bond acceptors (Lipinski definition) is 1. The first-order valence-corrected chi connectivity index (χ1v) is 3.71. The summed E-state index contributed by atoms with van der Waals surface area (Å²) in [6.07, 6.45) is 1.71. The Morgan fingerprint density at radius 2 is 2.42 bits per heavy atom. The van der Waals surface area contributed by atoms with Gasteiger partial charge in [0.2, 0.25) is 0 Å². The van der Waals surface area contributed by atoms with Crippen molar-refractivity contribution in [2.75, 3.05) is 0 Å². The highest BCUT2D eigenvalue weighted by atomic mass is 14.7. The van der Waals surface area contributed by atoms with Gasteiger partial charge in [-0.15, -0.1) is 0 Å². The van der Waals surface area contributed by atoms with Gasteiger partial charge in [-0.1, -0.05) is 6.07 Å². The number of nitrogens with one attached hydrogen (secondary N) is 1. The molecule has 0 amide bonds. The summed E-state index contributed by atoms with van der Waals surface area (Å²) in [6, 6.07) is 9.06. The van der Waals surface area contributed by atoms with Crippen LogP contribution in [0.2, 0.25) is 0 Å². The van der Waals surface area contributed by atoms with Crippen LogP contribution in [0, 0.1) is 24.3 Å². The molecule has 0 spiro atoms. The zero-order valence-electron chi connectivity index (χ0n) is 6.68. The van der Waals surface area contributed by atoms with Crippen molar-refractivity contribution in [2.45, 2.75) is 6.92 Å². The maximum absolute atomic E-state index is 8.70. The standard InChI is InChI=1S/C10H7N2/c1-7-2-3-9-8(5-11)6-12-10(9)4-7/h2,4,6,12H,1H3. The molecule has 12 heavy (non-hydrogen) atoms. The zero-order chi connectivity index (χ0) is 8.55. The molecule has 0 bridgehead atoms. The largest absolute Gasteiger partial charge is 0.360 e. The van der Waals surface area contributed by atoms with Gasteiger partial charge in [-0.3, -0.25) is 0 Å². The summed E-state index contributed by atoms with van der Waals surface area (Å²) in [6.45, 7) is 2.00. The van der Waals surface area contributed by atoms with Crippen molar-refractivity contribution in [3.8, 4) is 6.07 Å². The summed E-state index contributed by atoms with van der Waals surface area (Å²) in [5.41, 5.74) is 2.78. The first-order chi connectivity index (χ1) is 5.81. The average molecular weight is 155 g/mol. The second kappa shape index (κ2) is 2.38. The highest BCUT2D eigenvalue weighted by Gasteiger charge is 2.01. The number of aromatic nitrogens is 1. The van der Waals surface area contributed by atoms with Crippen molar-refractivity contribution in [3.05, 3.63) is 35.5 Å². The molecule has 1 N–H and O–H groups in total. The Morgan fingerprint density at radius 3 is 3.17 bits per heavy atom. The van der Waals surface area contributed by atoms with Crippen LogP contribution in [0.4, 0.5) is 0 Å². The van der Waals surface area contributed by atoms with Crippen molar-refractivity contribution in [3.63, 3.8) is 0 Å². The van der Waals surface area contributed by atoms with Crippen LogP contribution in [-0.2, 0) is 0 Å². The van der Waals surface area contributed by atoms with E-state index in [2.05, 4.69) is 17.1 Å². The molecule has 0 saturated carbocycles. The van der Waals surface area contributed by atoms with Crippen LogP contribution in [0.3, 0.4) is 0 Å². The molecule has 57 valence electrons. The normalized spacial score (nSPS) is 10.0. The van der Waals surface area contributed by atoms with Crippen molar-refractivity contribution >= 4 is 10.9 Å². The van der Waals surface area contributed by atoms with Crippen LogP contribution in [0.5, 0.6) is 0 Å². The molecule has 0 unspecified atom stereocenters. The van der Waals surface area contributed by atoms with E-state index in [0.29, 0.717) is 5.56 Å². The molecule has 2 nitrogen and oxygen atoms in total. The second-order valence-electron chi connectivity index (χ2n) is 2.78. The predicted molar refractivity (Wildman–Crippen MR) is 46.6 cm³/mol. The van der Waals surface area contributed by atoms with Gasteiger partial charge in [0, 0.05) is 17.1 Å². The highest BCUT2D eigenvalue weighted by molar-refractivity contribution is 5.85. The Labute approximate surface area is 70.4 Å². The number of nitrogens with zero attached hydrogens (tertiary/aromatic N) is 1. The van der Waals surface area contributed by atoms with Crippen LogP contribution in [0.1, 0.15) is 11.1 Å². The molecule has 2 heteroatoms. The summed E-state index contributed by atoms with van der Waals surface area (Å²) in [4.78, 5) is 3.03. The van der Waals surface area contributed by atoms with Crippen LogP contribution in [0.25, 0.3) is 10.9 Å². The molecule has 1 heterocycles. The Morgan fingerprint density at radius 1 is 1.58 bits per heavy atom. The Bertz CT molecular complexity index is 460. The molecule has 1 aromatic carbocycles. The minimum atomic E-state index is 0.657. The Kier molecular flexibility index (Phi) is 1.38. The van der Waals surface area contributed by atoms with E-state index < -0.39 is 0 Å². The van der Waals surface area contributed by atoms with E-state index in [9.17, 15) is 0 Å². The van der Waals surface area contributed by atoms with Gasteiger partial charge in [-0.25, -0.2) is 0 Å². The first kappa shape index (κ1) is 6.93. The molecule has 0 aliphatic carbocycles. The first-order valence-electron chi connectivity index (χ1n) is 3.71. The fourth-order valence-corrected chi connectivity index (χ4v) is 1.25. The minimum Gasteiger partial charge on any atom is -0.360 e. The lowest BCUT2D eigenvalue weighted by Crippen LogP contribution is -1.73. The maximum Gasteiger partial charge on any atom is 0.101 e. The molecule has 2 rings (SSSR count). The van der Waals surface area contributed by atoms with Crippen molar-refractivity contribution in [1.29, 1.82) is 5.26 Å². The van der Waals surface area contributed by atoms with Gasteiger partial charge in [0.15, 0.2) is 0 Å². The monoisotopic (exact) mass is 155 g/mol. The third-order valence-electron chi connectivity index (χ3n) is 1.85. The second-order valence-corrected chi connectivity index (χ2v) is 2.78. The molecule has 0 fully saturated rings. The number of nitriles is 1. The van der Waals surface area contributed by atoms with Gasteiger partial charge >= 0.3 is 0 Å². The molecular formula is C10H7N2. The number of aryl methyl sites for hydroxylation is 1. The molecule has 0 aliphatic rings. The van der Waals surface area contributed by atoms with E-state index >= 15 is 0 Å². The minimum absolute atomic E-state index is 0.657. The van der Waals surface area contributed by atoms with E-state index in [1.54, 1.807) is 6.20 Å². The third-order valence-corrected chi connectivity index (χ3v) is 1.85. The summed E-state index contributed by atoms with van der Waals surface area (Å²) < 4.78 is 0. The van der Waals surface area contributed by atoms with E-state index in [4.69, 9.17) is 5.26 Å². The van der Waals surface area contributed by atoms with Crippen LogP contribution < -0.4 is 0 Å². The summed E-state index contributed by atoms with van der Waals surface area (Å²) in [5, 5.41) is 9.58. The Hall–Kier alpha value is -1.75. The molecular weight excluding hydrogens is 148 g/mol. The third kappa shape index (κ3) is 0.876. The van der Waals surface area contributed by atoms with E-state index in [-0.39, 0.29) is 0 Å². The number of rotatable bonds is 0. The molecule has 1 radical (unpaired) electrons. The Balaban J connectivity index is 2.84. The van der Waals surface area contributed by atoms with Crippen LogP contribution in [-0.4, -0.2) is 4.98 Å². The van der Waals surface area contributed by atoms with Gasteiger partial charge in [0.1, 0.15) is 6.07 Å². The quantitative estimate of drug-likeness (QED) is 0.622. The molecule has 0 saturated heterocycles. The van der Waals surface area contributed by atoms with Crippen molar-refractivity contribution < 1.29 is 0 Å². The fourth-order valence-electron chi connectivity index (χ4n) is 1.25. The number of benzene rings is 1. The SMILES string of the molecule is Cc1c[c]c2c(C#N)c[nH]c2c1. The maximum atomic E-state index is 8.70. The van der Waals surface area contributed by atoms with Gasteiger partial charge in [0.25, 0.3) is 0 Å². The molecule has 1 aromatic heterocycles. The van der Waals surface area contributed by atoms with Gasteiger partial charge in [-0.05, 0) is 24.6 Å². The van der Waals surface area contributed by atoms with Gasteiger partial charge in [-0.2, -0.15) is 5.26 Å². The number of hydrogen-bond donors (Lipinski definition) is 1. The van der Waals surface area contributed by atoms with Crippen LogP contribution in [0.15, 0.2) is 18.3 Å². The van der Waals surface area contributed by atoms with Gasteiger partial charge in [0.05, 0.1) is 5.56 Å². The summed E-state index contributed by atoms with van der Waals surface area (Å²) >= 11 is 0. The molecule has 0 aliphatic heterocycles. The zero-order valence-corrected chi connectivity index (χ0v) is 6.68. The topological polar surface area (TPSA) is 39.6 Å². The smallest absolute Gasteiger partial charge is 0.101 e. The highest BCUT2D eigenvalue weighted by Crippen LogP contribution is 2.17. The van der Waals surface area contributed by atoms with Gasteiger partial charge < -0.3 is 4.98 Å². The average Bonchev–Trinajstić information content (AvgIpc) is 2.46. The van der Waals surface area contributed by atoms with Crippen molar-refractivity contribution in [2.24, 2.45) is 0 Å². The van der Waals surface area contributed by atoms with Crippen LogP contribution >= 0.6 is 0 Å². The summed E-state index contributed by atoms with van der Waals surface area (Å²) in [5.74, 6) is 0. The van der Waals surface area contributed by atoms with E-state index in [1.807, 2.05) is 19.1 Å². The lowest BCUT2D eigenvalue weighted by Gasteiger charge is -1.91. The lowest BCUT2D eigenvalue weighted by molar-refractivity contribution is 1.43. The fraction of sp³-hybridized carbons (Fsp3) is 0.100. The lowest BCUT2D eigenvalue weighted by atomic mass is 10.1. The predicted octanol–water partition coefficient (Wildman–Crippen LogP) is 2.15. The van der Waals surface area contributed by atoms with E-state index in [0.717, 1.165) is 16.5 Å². The van der Waals surface area contributed by atoms with Crippen molar-refractivity contribution in [1.82, 2.24) is 4.98 Å². The molecule has 2 aromatic rings. The number of H-pyrrole nitrogens is 1. The number of aromatic amines is 1.